The Morgan fingerprint density at radius 2 is 1.92 bits per heavy atom. The van der Waals surface area contributed by atoms with E-state index in [4.69, 9.17) is 0 Å². The Morgan fingerprint density at radius 3 is 2.25 bits per heavy atom. The van der Waals surface area contributed by atoms with Crippen molar-refractivity contribution >= 4 is 12.0 Å². The molecule has 0 radical (unpaired) electrons. The molecule has 2 amide bonds. The Morgan fingerprint density at radius 1 is 1.42 bits per heavy atom. The van der Waals surface area contributed by atoms with Crippen molar-refractivity contribution in [3.8, 4) is 0 Å². The van der Waals surface area contributed by atoms with E-state index >= 15 is 0 Å². The SMILES string of the molecule is COC(=O)C(C)NC(=O)N(C)C. The third-order valence-electron chi connectivity index (χ3n) is 1.30. The topological polar surface area (TPSA) is 58.6 Å². The highest BCUT2D eigenvalue weighted by molar-refractivity contribution is 5.82. The number of esters is 1. The van der Waals surface area contributed by atoms with Crippen LogP contribution in [0.4, 0.5) is 4.79 Å². The molecule has 0 saturated heterocycles. The number of carbonyl (C=O) groups is 2. The second-order valence-electron chi connectivity index (χ2n) is 2.59. The van der Waals surface area contributed by atoms with Crippen LogP contribution in [-0.2, 0) is 9.53 Å². The molecule has 0 spiro atoms. The number of amides is 2. The van der Waals surface area contributed by atoms with Crippen LogP contribution in [0.25, 0.3) is 0 Å². The highest BCUT2D eigenvalue weighted by Gasteiger charge is 2.15. The molecule has 1 N–H and O–H groups in total. The monoisotopic (exact) mass is 174 g/mol. The van der Waals surface area contributed by atoms with Gasteiger partial charge in [-0.15, -0.1) is 0 Å². The summed E-state index contributed by atoms with van der Waals surface area (Å²) >= 11 is 0. The highest BCUT2D eigenvalue weighted by Crippen LogP contribution is 1.87. The fraction of sp³-hybridized carbons (Fsp3) is 0.714. The lowest BCUT2D eigenvalue weighted by Gasteiger charge is -2.15. The average Bonchev–Trinajstić information content (AvgIpc) is 2.02. The maximum Gasteiger partial charge on any atom is 0.328 e. The van der Waals surface area contributed by atoms with Gasteiger partial charge in [-0.3, -0.25) is 0 Å². The van der Waals surface area contributed by atoms with Crippen molar-refractivity contribution in [3.05, 3.63) is 0 Å². The summed E-state index contributed by atoms with van der Waals surface area (Å²) in [7, 11) is 4.47. The maximum atomic E-state index is 11.0. The molecule has 0 aliphatic rings. The third-order valence-corrected chi connectivity index (χ3v) is 1.30. The van der Waals surface area contributed by atoms with Gasteiger partial charge in [0.25, 0.3) is 0 Å². The lowest BCUT2D eigenvalue weighted by atomic mass is 10.3. The first-order valence-corrected chi connectivity index (χ1v) is 3.54. The Bertz CT molecular complexity index is 179. The molecule has 1 unspecified atom stereocenters. The van der Waals surface area contributed by atoms with Crippen LogP contribution < -0.4 is 5.32 Å². The van der Waals surface area contributed by atoms with Crippen molar-refractivity contribution in [3.63, 3.8) is 0 Å². The summed E-state index contributed by atoms with van der Waals surface area (Å²) in [5.41, 5.74) is 0. The minimum Gasteiger partial charge on any atom is -0.467 e. The number of carbonyl (C=O) groups excluding carboxylic acids is 2. The zero-order valence-corrected chi connectivity index (χ0v) is 7.75. The lowest BCUT2D eigenvalue weighted by molar-refractivity contribution is -0.142. The maximum absolute atomic E-state index is 11.0. The first kappa shape index (κ1) is 10.7. The summed E-state index contributed by atoms with van der Waals surface area (Å²) in [5.74, 6) is -0.454. The van der Waals surface area contributed by atoms with Gasteiger partial charge in [0, 0.05) is 14.1 Å². The van der Waals surface area contributed by atoms with E-state index in [1.807, 2.05) is 0 Å². The first-order valence-electron chi connectivity index (χ1n) is 3.54. The average molecular weight is 174 g/mol. The zero-order valence-electron chi connectivity index (χ0n) is 7.75. The van der Waals surface area contributed by atoms with E-state index in [2.05, 4.69) is 10.1 Å². The molecular formula is C7H14N2O3. The molecule has 1 atom stereocenters. The van der Waals surface area contributed by atoms with Crippen molar-refractivity contribution in [2.24, 2.45) is 0 Å². The summed E-state index contributed by atoms with van der Waals surface area (Å²) in [6, 6.07) is -0.919. The molecule has 0 saturated carbocycles. The fourth-order valence-electron chi connectivity index (χ4n) is 0.550. The van der Waals surface area contributed by atoms with Crippen LogP contribution in [0.1, 0.15) is 6.92 Å². The Balaban J connectivity index is 3.92. The number of nitrogens with zero attached hydrogens (tertiary/aromatic N) is 1. The lowest BCUT2D eigenvalue weighted by Crippen LogP contribution is -2.44. The van der Waals surface area contributed by atoms with Crippen molar-refractivity contribution in [2.45, 2.75) is 13.0 Å². The number of urea groups is 1. The van der Waals surface area contributed by atoms with Crippen molar-refractivity contribution in [1.29, 1.82) is 0 Å². The van der Waals surface area contributed by atoms with Gasteiger partial charge in [-0.25, -0.2) is 9.59 Å². The van der Waals surface area contributed by atoms with E-state index in [0.717, 1.165) is 0 Å². The van der Waals surface area contributed by atoms with Gasteiger partial charge in [0.2, 0.25) is 0 Å². The second-order valence-corrected chi connectivity index (χ2v) is 2.59. The molecule has 0 heterocycles. The van der Waals surface area contributed by atoms with Crippen LogP contribution in [-0.4, -0.2) is 44.1 Å². The van der Waals surface area contributed by atoms with Gasteiger partial charge in [-0.05, 0) is 6.92 Å². The minimum atomic E-state index is -0.607. The largest absolute Gasteiger partial charge is 0.467 e. The molecule has 0 aromatic rings. The molecular weight excluding hydrogens is 160 g/mol. The van der Waals surface area contributed by atoms with Crippen molar-refractivity contribution < 1.29 is 14.3 Å². The summed E-state index contributed by atoms with van der Waals surface area (Å²) in [6.07, 6.45) is 0. The third kappa shape index (κ3) is 3.23. The van der Waals surface area contributed by atoms with Gasteiger partial charge in [0.15, 0.2) is 0 Å². The molecule has 0 aliphatic heterocycles. The Kier molecular flexibility index (Phi) is 4.10. The summed E-state index contributed by atoms with van der Waals surface area (Å²) in [6.45, 7) is 1.56. The van der Waals surface area contributed by atoms with Crippen LogP contribution in [0, 0.1) is 0 Å². The number of hydrogen-bond donors (Lipinski definition) is 1. The van der Waals surface area contributed by atoms with E-state index in [1.165, 1.54) is 12.0 Å². The summed E-state index contributed by atoms with van der Waals surface area (Å²) < 4.78 is 4.42. The van der Waals surface area contributed by atoms with Crippen LogP contribution in [0.5, 0.6) is 0 Å². The van der Waals surface area contributed by atoms with E-state index in [9.17, 15) is 9.59 Å². The quantitative estimate of drug-likeness (QED) is 0.591. The minimum absolute atomic E-state index is 0.312. The number of nitrogens with one attached hydrogen (secondary N) is 1. The van der Waals surface area contributed by atoms with Crippen LogP contribution >= 0.6 is 0 Å². The molecule has 0 bridgehead atoms. The summed E-state index contributed by atoms with van der Waals surface area (Å²) in [5, 5.41) is 2.44. The number of rotatable bonds is 2. The van der Waals surface area contributed by atoms with Crippen LogP contribution in [0.3, 0.4) is 0 Å². The number of methoxy groups -OCH3 is 1. The smallest absolute Gasteiger partial charge is 0.328 e. The molecule has 5 heteroatoms. The predicted molar refractivity (Wildman–Crippen MR) is 43.7 cm³/mol. The molecule has 0 aliphatic carbocycles. The Labute approximate surface area is 71.7 Å². The normalized spacial score (nSPS) is 11.7. The van der Waals surface area contributed by atoms with E-state index in [1.54, 1.807) is 21.0 Å². The first-order chi connectivity index (χ1) is 5.49. The van der Waals surface area contributed by atoms with Gasteiger partial charge in [-0.2, -0.15) is 0 Å². The number of hydrogen-bond acceptors (Lipinski definition) is 3. The summed E-state index contributed by atoms with van der Waals surface area (Å²) in [4.78, 5) is 23.1. The van der Waals surface area contributed by atoms with Gasteiger partial charge >= 0.3 is 12.0 Å². The predicted octanol–water partition coefficient (Wildman–Crippen LogP) is -0.181. The molecule has 0 aromatic carbocycles. The zero-order chi connectivity index (χ0) is 9.72. The fourth-order valence-corrected chi connectivity index (χ4v) is 0.550. The number of ether oxygens (including phenoxy) is 1. The molecule has 0 rings (SSSR count). The van der Waals surface area contributed by atoms with E-state index in [0.29, 0.717) is 0 Å². The highest BCUT2D eigenvalue weighted by atomic mass is 16.5. The standard InChI is InChI=1S/C7H14N2O3/c1-5(6(10)12-4)8-7(11)9(2)3/h5H,1-4H3,(H,8,11). The molecule has 0 aromatic heterocycles. The van der Waals surface area contributed by atoms with Gasteiger partial charge in [0.1, 0.15) is 6.04 Å². The molecule has 12 heavy (non-hydrogen) atoms. The van der Waals surface area contributed by atoms with E-state index < -0.39 is 12.0 Å². The van der Waals surface area contributed by atoms with Crippen LogP contribution in [0.15, 0.2) is 0 Å². The van der Waals surface area contributed by atoms with Crippen LogP contribution in [0.2, 0.25) is 0 Å². The molecule has 0 fully saturated rings. The van der Waals surface area contributed by atoms with Crippen molar-refractivity contribution in [2.75, 3.05) is 21.2 Å². The van der Waals surface area contributed by atoms with Gasteiger partial charge < -0.3 is 15.0 Å². The molecule has 70 valence electrons. The van der Waals surface area contributed by atoms with Gasteiger partial charge in [-0.1, -0.05) is 0 Å². The van der Waals surface area contributed by atoms with Crippen molar-refractivity contribution in [1.82, 2.24) is 10.2 Å². The molecule has 5 nitrogen and oxygen atoms in total. The van der Waals surface area contributed by atoms with E-state index in [-0.39, 0.29) is 6.03 Å². The Hall–Kier alpha value is -1.26. The van der Waals surface area contributed by atoms with Gasteiger partial charge in [0.05, 0.1) is 7.11 Å². The second kappa shape index (κ2) is 4.58.